The van der Waals surface area contributed by atoms with Gasteiger partial charge in [-0.3, -0.25) is 9.59 Å². The van der Waals surface area contributed by atoms with E-state index < -0.39 is 0 Å². The number of amides is 2. The fourth-order valence-corrected chi connectivity index (χ4v) is 7.27. The number of hydrogen-bond acceptors (Lipinski definition) is 3. The number of halogens is 1. The largest absolute Gasteiger partial charge is 0.368 e. The summed E-state index contributed by atoms with van der Waals surface area (Å²) in [7, 11) is 0. The second kappa shape index (κ2) is 8.07. The third-order valence-corrected chi connectivity index (χ3v) is 8.18. The highest BCUT2D eigenvalue weighted by Gasteiger charge is 2.51. The number of hydrogen-bond donors (Lipinski definition) is 1. The lowest BCUT2D eigenvalue weighted by Crippen LogP contribution is -2.52. The summed E-state index contributed by atoms with van der Waals surface area (Å²) >= 11 is 6.09. The summed E-state index contributed by atoms with van der Waals surface area (Å²) in [6.07, 6.45) is 8.47. The Balaban J connectivity index is 1.08. The summed E-state index contributed by atoms with van der Waals surface area (Å²) < 4.78 is 0. The zero-order valence-electron chi connectivity index (χ0n) is 17.6. The number of nitrogens with zero attached hydrogens (tertiary/aromatic N) is 2. The van der Waals surface area contributed by atoms with Crippen molar-refractivity contribution in [3.63, 3.8) is 0 Å². The number of piperazine rings is 1. The van der Waals surface area contributed by atoms with Crippen molar-refractivity contribution in [2.75, 3.05) is 37.6 Å². The van der Waals surface area contributed by atoms with E-state index in [2.05, 4.69) is 10.2 Å². The van der Waals surface area contributed by atoms with Crippen LogP contribution in [0, 0.1) is 23.2 Å². The molecule has 6 heteroatoms. The summed E-state index contributed by atoms with van der Waals surface area (Å²) in [6, 6.07) is 7.84. The van der Waals surface area contributed by atoms with Crippen LogP contribution in [0.25, 0.3) is 0 Å². The van der Waals surface area contributed by atoms with Crippen molar-refractivity contribution >= 4 is 29.1 Å². The molecule has 5 fully saturated rings. The average Bonchev–Trinajstić information content (AvgIpc) is 2.71. The Labute approximate surface area is 184 Å². The van der Waals surface area contributed by atoms with Crippen LogP contribution in [0.4, 0.5) is 5.69 Å². The first kappa shape index (κ1) is 20.2. The van der Waals surface area contributed by atoms with Crippen LogP contribution in [0.3, 0.4) is 0 Å². The molecule has 6 rings (SSSR count). The zero-order valence-corrected chi connectivity index (χ0v) is 18.4. The highest BCUT2D eigenvalue weighted by molar-refractivity contribution is 6.30. The van der Waals surface area contributed by atoms with E-state index in [0.29, 0.717) is 19.5 Å². The molecule has 5 nitrogen and oxygen atoms in total. The molecule has 1 aromatic rings. The van der Waals surface area contributed by atoms with Crippen LogP contribution in [0.5, 0.6) is 0 Å². The maximum atomic E-state index is 12.7. The van der Waals surface area contributed by atoms with E-state index >= 15 is 0 Å². The first-order valence-corrected chi connectivity index (χ1v) is 11.9. The molecule has 0 spiro atoms. The molecule has 1 aromatic carbocycles. The molecule has 0 radical (unpaired) electrons. The van der Waals surface area contributed by atoms with Crippen molar-refractivity contribution in [3.05, 3.63) is 29.3 Å². The third kappa shape index (κ3) is 4.18. The molecule has 4 aliphatic carbocycles. The van der Waals surface area contributed by atoms with Gasteiger partial charge in [0.1, 0.15) is 0 Å². The van der Waals surface area contributed by atoms with Crippen molar-refractivity contribution in [2.24, 2.45) is 23.2 Å². The lowest BCUT2D eigenvalue weighted by atomic mass is 9.49. The fourth-order valence-electron chi connectivity index (χ4n) is 7.08. The number of carbonyl (C=O) groups is 2. The summed E-state index contributed by atoms with van der Waals surface area (Å²) in [5.74, 6) is 2.65. The van der Waals surface area contributed by atoms with Crippen molar-refractivity contribution in [1.29, 1.82) is 0 Å². The van der Waals surface area contributed by atoms with Crippen molar-refractivity contribution in [2.45, 2.75) is 44.9 Å². The van der Waals surface area contributed by atoms with Gasteiger partial charge in [0.05, 0.1) is 6.54 Å². The van der Waals surface area contributed by atoms with E-state index in [0.717, 1.165) is 41.6 Å². The molecule has 1 heterocycles. The maximum absolute atomic E-state index is 12.7. The zero-order chi connectivity index (χ0) is 20.7. The predicted molar refractivity (Wildman–Crippen MR) is 118 cm³/mol. The van der Waals surface area contributed by atoms with Gasteiger partial charge in [-0.1, -0.05) is 17.7 Å². The Morgan fingerprint density at radius 2 is 1.63 bits per heavy atom. The minimum Gasteiger partial charge on any atom is -0.368 e. The minimum absolute atomic E-state index is 0.0274. The van der Waals surface area contributed by atoms with Crippen LogP contribution in [-0.2, 0) is 9.59 Å². The van der Waals surface area contributed by atoms with Crippen molar-refractivity contribution in [3.8, 4) is 0 Å². The van der Waals surface area contributed by atoms with Gasteiger partial charge in [-0.2, -0.15) is 0 Å². The minimum atomic E-state index is 0.0274. The van der Waals surface area contributed by atoms with E-state index in [1.807, 2.05) is 29.2 Å². The van der Waals surface area contributed by atoms with Crippen LogP contribution in [-0.4, -0.2) is 49.4 Å². The van der Waals surface area contributed by atoms with Gasteiger partial charge in [0.2, 0.25) is 11.8 Å². The number of anilines is 1. The number of nitrogens with one attached hydrogen (secondary N) is 1. The first-order chi connectivity index (χ1) is 14.5. The van der Waals surface area contributed by atoms with Crippen molar-refractivity contribution in [1.82, 2.24) is 10.2 Å². The van der Waals surface area contributed by atoms with Gasteiger partial charge in [-0.25, -0.2) is 0 Å². The van der Waals surface area contributed by atoms with Gasteiger partial charge >= 0.3 is 0 Å². The summed E-state index contributed by atoms with van der Waals surface area (Å²) in [6.45, 7) is 3.05. The lowest BCUT2D eigenvalue weighted by Gasteiger charge is -2.56. The predicted octanol–water partition coefficient (Wildman–Crippen LogP) is 3.71. The molecular formula is C24H32ClN3O2. The molecule has 1 aliphatic heterocycles. The van der Waals surface area contributed by atoms with E-state index in [1.54, 1.807) is 0 Å². The Morgan fingerprint density at radius 3 is 2.23 bits per heavy atom. The van der Waals surface area contributed by atoms with Gasteiger partial charge in [-0.15, -0.1) is 0 Å². The number of rotatable bonds is 5. The van der Waals surface area contributed by atoms with Crippen LogP contribution in [0.15, 0.2) is 24.3 Å². The Morgan fingerprint density at radius 1 is 1.00 bits per heavy atom. The van der Waals surface area contributed by atoms with Gasteiger partial charge in [0.15, 0.2) is 0 Å². The fraction of sp³-hybridized carbons (Fsp3) is 0.667. The van der Waals surface area contributed by atoms with Crippen molar-refractivity contribution < 1.29 is 9.59 Å². The number of carbonyl (C=O) groups excluding carboxylic acids is 2. The molecule has 0 unspecified atom stereocenters. The molecule has 2 amide bonds. The highest BCUT2D eigenvalue weighted by Crippen LogP contribution is 2.61. The standard InChI is InChI=1S/C24H32ClN3O2/c25-20-2-1-3-21(11-20)27-4-6-28(7-5-27)23(30)16-26-22(29)15-24-12-17-8-18(13-24)10-19(9-17)14-24/h1-3,11,17-19H,4-10,12-16H2,(H,26,29). The number of benzene rings is 1. The highest BCUT2D eigenvalue weighted by atomic mass is 35.5. The second-order valence-electron chi connectivity index (χ2n) is 10.2. The quantitative estimate of drug-likeness (QED) is 0.776. The third-order valence-electron chi connectivity index (χ3n) is 7.94. The van der Waals surface area contributed by atoms with Gasteiger partial charge in [-0.05, 0) is 79.9 Å². The Bertz CT molecular complexity index is 783. The van der Waals surface area contributed by atoms with Gasteiger partial charge < -0.3 is 15.1 Å². The van der Waals surface area contributed by atoms with Gasteiger partial charge in [0, 0.05) is 43.3 Å². The van der Waals surface area contributed by atoms with Crippen LogP contribution >= 0.6 is 11.6 Å². The lowest BCUT2D eigenvalue weighted by molar-refractivity contribution is -0.135. The van der Waals surface area contributed by atoms with E-state index in [-0.39, 0.29) is 23.8 Å². The molecule has 5 aliphatic rings. The van der Waals surface area contributed by atoms with Crippen LogP contribution < -0.4 is 10.2 Å². The first-order valence-electron chi connectivity index (χ1n) is 11.5. The maximum Gasteiger partial charge on any atom is 0.242 e. The van der Waals surface area contributed by atoms with Crippen LogP contribution in [0.2, 0.25) is 5.02 Å². The molecule has 30 heavy (non-hydrogen) atoms. The molecule has 0 atom stereocenters. The topological polar surface area (TPSA) is 52.7 Å². The molecule has 4 bridgehead atoms. The normalized spacial score (nSPS) is 32.4. The van der Waals surface area contributed by atoms with E-state index in [9.17, 15) is 9.59 Å². The average molecular weight is 430 g/mol. The molecule has 4 saturated carbocycles. The SMILES string of the molecule is O=C(CC12CC3CC(CC(C3)C1)C2)NCC(=O)N1CCN(c2cccc(Cl)c2)CC1. The van der Waals surface area contributed by atoms with E-state index in [4.69, 9.17) is 11.6 Å². The molecular weight excluding hydrogens is 398 g/mol. The molecule has 0 aromatic heterocycles. The summed E-state index contributed by atoms with van der Waals surface area (Å²) in [4.78, 5) is 29.4. The Kier molecular flexibility index (Phi) is 5.42. The van der Waals surface area contributed by atoms with E-state index in [1.165, 1.54) is 38.5 Å². The Hall–Kier alpha value is -1.75. The summed E-state index contributed by atoms with van der Waals surface area (Å²) in [5.41, 5.74) is 1.32. The molecule has 162 valence electrons. The monoisotopic (exact) mass is 429 g/mol. The second-order valence-corrected chi connectivity index (χ2v) is 10.7. The van der Waals surface area contributed by atoms with Crippen LogP contribution in [0.1, 0.15) is 44.9 Å². The molecule has 1 N–H and O–H groups in total. The van der Waals surface area contributed by atoms with Gasteiger partial charge in [0.25, 0.3) is 0 Å². The smallest absolute Gasteiger partial charge is 0.242 e. The molecule has 1 saturated heterocycles. The summed E-state index contributed by atoms with van der Waals surface area (Å²) in [5, 5.41) is 3.67.